The smallest absolute Gasteiger partial charge is 0.252 e. The fourth-order valence-corrected chi connectivity index (χ4v) is 14.5. The molecule has 0 amide bonds. The van der Waals surface area contributed by atoms with Crippen molar-refractivity contribution in [1.82, 2.24) is 0 Å². The van der Waals surface area contributed by atoms with E-state index in [1.54, 1.807) is 0 Å². The van der Waals surface area contributed by atoms with Crippen molar-refractivity contribution in [3.63, 3.8) is 0 Å². The fourth-order valence-electron chi connectivity index (χ4n) is 14.5. The zero-order chi connectivity index (χ0) is 52.9. The quantitative estimate of drug-likeness (QED) is 0.154. The van der Waals surface area contributed by atoms with Crippen molar-refractivity contribution in [2.24, 2.45) is 0 Å². The molecule has 4 heteroatoms. The lowest BCUT2D eigenvalue weighted by molar-refractivity contribution is 0.402. The Morgan fingerprint density at radius 2 is 0.853 bits per heavy atom. The molecule has 4 aliphatic rings. The van der Waals surface area contributed by atoms with Crippen molar-refractivity contribution in [2.45, 2.75) is 149 Å². The van der Waals surface area contributed by atoms with Gasteiger partial charge in [-0.05, 0) is 192 Å². The number of anilines is 9. The van der Waals surface area contributed by atoms with Gasteiger partial charge in [-0.25, -0.2) is 0 Å². The van der Waals surface area contributed by atoms with Crippen LogP contribution in [0.3, 0.4) is 0 Å². The van der Waals surface area contributed by atoms with Crippen LogP contribution in [0.5, 0.6) is 0 Å². The number of aryl methyl sites for hydroxylation is 1. The van der Waals surface area contributed by atoms with Crippen LogP contribution in [-0.2, 0) is 32.5 Å². The molecule has 2 heterocycles. The Hall–Kier alpha value is -6.78. The molecule has 75 heavy (non-hydrogen) atoms. The van der Waals surface area contributed by atoms with Crippen molar-refractivity contribution < 1.29 is 0 Å². The lowest BCUT2D eigenvalue weighted by atomic mass is 9.33. The highest BCUT2D eigenvalue weighted by molar-refractivity contribution is 7.00. The van der Waals surface area contributed by atoms with Gasteiger partial charge in [0.2, 0.25) is 0 Å². The zero-order valence-corrected chi connectivity index (χ0v) is 47.4. The summed E-state index contributed by atoms with van der Waals surface area (Å²) in [4.78, 5) is 7.85. The minimum Gasteiger partial charge on any atom is -0.311 e. The van der Waals surface area contributed by atoms with Crippen LogP contribution in [0.4, 0.5) is 51.2 Å². The van der Waals surface area contributed by atoms with Crippen LogP contribution in [0.2, 0.25) is 0 Å². The van der Waals surface area contributed by atoms with E-state index in [9.17, 15) is 0 Å². The minimum absolute atomic E-state index is 0.00758. The second kappa shape index (κ2) is 16.6. The standard InChI is InChI=1S/C71H76BN3/c1-45-35-53-55(70(12,13)43-68(53,8)9)41-61(45)75-60-34-32-51(73(49-27-21-17-22-28-49)50-29-23-18-24-30-50)39-57(60)72-58-40-54-56(71(14,15)44-69(54,10)11)42-62(58)74(63-37-48(67(5,6)7)38-64(75)65(63)72)59-33-31-47(66(2,3)4)36-52(59)46-25-19-16-20-26-46/h16-42H,43-44H2,1-15H3. The van der Waals surface area contributed by atoms with Crippen LogP contribution >= 0.6 is 0 Å². The Bertz CT molecular complexity index is 3550. The highest BCUT2D eigenvalue weighted by Crippen LogP contribution is 2.56. The molecule has 12 rings (SSSR count). The molecule has 0 bridgehead atoms. The first-order valence-corrected chi connectivity index (χ1v) is 27.7. The van der Waals surface area contributed by atoms with Gasteiger partial charge in [0.25, 0.3) is 6.71 Å². The molecule has 8 aromatic carbocycles. The molecule has 0 N–H and O–H groups in total. The summed E-state index contributed by atoms with van der Waals surface area (Å²) in [5.74, 6) is 0. The first-order valence-electron chi connectivity index (χ1n) is 27.7. The lowest BCUT2D eigenvalue weighted by Crippen LogP contribution is -2.61. The van der Waals surface area contributed by atoms with Gasteiger partial charge in [-0.3, -0.25) is 0 Å². The largest absolute Gasteiger partial charge is 0.311 e. The van der Waals surface area contributed by atoms with Gasteiger partial charge < -0.3 is 14.7 Å². The maximum absolute atomic E-state index is 2.71. The monoisotopic (exact) mass is 982 g/mol. The van der Waals surface area contributed by atoms with Gasteiger partial charge in [-0.15, -0.1) is 0 Å². The van der Waals surface area contributed by atoms with E-state index in [0.717, 1.165) is 29.9 Å². The topological polar surface area (TPSA) is 9.72 Å². The van der Waals surface area contributed by atoms with Crippen molar-refractivity contribution in [3.8, 4) is 11.1 Å². The van der Waals surface area contributed by atoms with Crippen LogP contribution in [0.15, 0.2) is 164 Å². The molecule has 378 valence electrons. The van der Waals surface area contributed by atoms with E-state index in [-0.39, 0.29) is 39.2 Å². The normalized spacial score (nSPS) is 17.2. The third kappa shape index (κ3) is 7.82. The first-order chi connectivity index (χ1) is 35.3. The van der Waals surface area contributed by atoms with E-state index in [1.807, 2.05) is 0 Å². The summed E-state index contributed by atoms with van der Waals surface area (Å²) >= 11 is 0. The SMILES string of the molecule is Cc1cc2c(cc1N1c3ccc(N(c4ccccc4)c4ccccc4)cc3B3c4cc5c(cc4N(c4ccc(C(C)(C)C)cc4-c4ccccc4)c4cc(C(C)(C)C)cc1c43)C(C)(C)CC5(C)C)C(C)(C)CC2(C)C. The second-order valence-electron chi connectivity index (χ2n) is 27.4. The van der Waals surface area contributed by atoms with Crippen LogP contribution in [-0.4, -0.2) is 6.71 Å². The fraction of sp³-hybridized carbons (Fsp3) is 0.324. The summed E-state index contributed by atoms with van der Waals surface area (Å²) in [6.45, 7) is 36.2. The van der Waals surface area contributed by atoms with E-state index in [1.165, 1.54) is 101 Å². The van der Waals surface area contributed by atoms with E-state index in [4.69, 9.17) is 0 Å². The van der Waals surface area contributed by atoms with Crippen molar-refractivity contribution >= 4 is 74.3 Å². The van der Waals surface area contributed by atoms with E-state index < -0.39 is 0 Å². The lowest BCUT2D eigenvalue weighted by Gasteiger charge is -2.46. The Morgan fingerprint density at radius 1 is 0.400 bits per heavy atom. The molecule has 2 aliphatic heterocycles. The molecule has 0 fully saturated rings. The number of fused-ring (bicyclic) bond motifs is 6. The number of hydrogen-bond acceptors (Lipinski definition) is 3. The number of nitrogens with zero attached hydrogens (tertiary/aromatic N) is 3. The van der Waals surface area contributed by atoms with Crippen molar-refractivity contribution in [1.29, 1.82) is 0 Å². The Balaban J connectivity index is 1.24. The Kier molecular flexibility index (Phi) is 10.9. The van der Waals surface area contributed by atoms with Crippen LogP contribution < -0.4 is 31.1 Å². The molecule has 0 aromatic heterocycles. The van der Waals surface area contributed by atoms with Crippen molar-refractivity contribution in [2.75, 3.05) is 14.7 Å². The molecule has 0 atom stereocenters. The molecule has 0 unspecified atom stereocenters. The molecule has 0 saturated carbocycles. The first kappa shape index (κ1) is 49.1. The Labute approximate surface area is 449 Å². The molecule has 2 aliphatic carbocycles. The van der Waals surface area contributed by atoms with Gasteiger partial charge >= 0.3 is 0 Å². The van der Waals surface area contributed by atoms with Crippen molar-refractivity contribution in [3.05, 3.63) is 203 Å². The van der Waals surface area contributed by atoms with Crippen LogP contribution in [0.1, 0.15) is 149 Å². The number of benzene rings is 8. The van der Waals surface area contributed by atoms with E-state index in [0.29, 0.717) is 0 Å². The van der Waals surface area contributed by atoms with Gasteiger partial charge in [0.15, 0.2) is 0 Å². The molecule has 0 saturated heterocycles. The highest BCUT2D eigenvalue weighted by Gasteiger charge is 2.50. The summed E-state index contributed by atoms with van der Waals surface area (Å²) in [7, 11) is 0. The molecular weight excluding hydrogens is 906 g/mol. The maximum atomic E-state index is 2.71. The summed E-state index contributed by atoms with van der Waals surface area (Å²) < 4.78 is 0. The maximum Gasteiger partial charge on any atom is 0.252 e. The van der Waals surface area contributed by atoms with Crippen LogP contribution in [0, 0.1) is 6.92 Å². The number of hydrogen-bond donors (Lipinski definition) is 0. The third-order valence-corrected chi connectivity index (χ3v) is 17.8. The molecule has 0 spiro atoms. The molecule has 3 nitrogen and oxygen atoms in total. The predicted molar refractivity (Wildman–Crippen MR) is 324 cm³/mol. The van der Waals surface area contributed by atoms with Gasteiger partial charge in [0, 0.05) is 51.1 Å². The molecule has 8 aromatic rings. The Morgan fingerprint density at radius 3 is 1.39 bits per heavy atom. The highest BCUT2D eigenvalue weighted by atomic mass is 15.2. The predicted octanol–water partition coefficient (Wildman–Crippen LogP) is 17.7. The van der Waals surface area contributed by atoms with Gasteiger partial charge in [0.1, 0.15) is 0 Å². The van der Waals surface area contributed by atoms with Gasteiger partial charge in [0.05, 0.1) is 5.69 Å². The average Bonchev–Trinajstić information content (AvgIpc) is 3.72. The molecule has 0 radical (unpaired) electrons. The average molecular weight is 982 g/mol. The summed E-state index contributed by atoms with van der Waals surface area (Å²) in [5, 5.41) is 0. The van der Waals surface area contributed by atoms with Gasteiger partial charge in [-0.2, -0.15) is 0 Å². The van der Waals surface area contributed by atoms with Gasteiger partial charge in [-0.1, -0.05) is 182 Å². The molecular formula is C71H76BN3. The summed E-state index contributed by atoms with van der Waals surface area (Å²) in [5.41, 5.74) is 27.2. The summed E-state index contributed by atoms with van der Waals surface area (Å²) in [6, 6.07) is 63.4. The number of para-hydroxylation sites is 2. The summed E-state index contributed by atoms with van der Waals surface area (Å²) in [6.07, 6.45) is 2.21. The zero-order valence-electron chi connectivity index (χ0n) is 47.4. The third-order valence-electron chi connectivity index (χ3n) is 17.8. The minimum atomic E-state index is -0.157. The van der Waals surface area contributed by atoms with Crippen LogP contribution in [0.25, 0.3) is 11.1 Å². The van der Waals surface area contributed by atoms with E-state index in [2.05, 4.69) is 282 Å². The van der Waals surface area contributed by atoms with E-state index >= 15 is 0 Å². The number of rotatable bonds is 6. The second-order valence-corrected chi connectivity index (χ2v) is 27.4.